The van der Waals surface area contributed by atoms with Gasteiger partial charge < -0.3 is 30.5 Å². The fourth-order valence-electron chi connectivity index (χ4n) is 4.58. The number of fused-ring (bicyclic) bond motifs is 1. The summed E-state index contributed by atoms with van der Waals surface area (Å²) < 4.78 is 11.9. The highest BCUT2D eigenvalue weighted by atomic mass is 35.5. The number of ether oxygens (including phenoxy) is 2. The quantitative estimate of drug-likeness (QED) is 0.342. The zero-order chi connectivity index (χ0) is 24.8. The molecule has 0 saturated heterocycles. The topological polar surface area (TPSA) is 97.1 Å². The molecule has 0 aromatic heterocycles. The predicted molar refractivity (Wildman–Crippen MR) is 139 cm³/mol. The molecule has 1 heterocycles. The number of benzene rings is 2. The Morgan fingerprint density at radius 1 is 1.26 bits per heavy atom. The molecule has 1 unspecified atom stereocenters. The molecule has 0 spiro atoms. The van der Waals surface area contributed by atoms with E-state index in [1.54, 1.807) is 0 Å². The van der Waals surface area contributed by atoms with Crippen LogP contribution in [0.1, 0.15) is 47.7 Å². The minimum atomic E-state index is -0.407. The summed E-state index contributed by atoms with van der Waals surface area (Å²) in [7, 11) is 0. The van der Waals surface area contributed by atoms with Crippen LogP contribution < -0.4 is 25.4 Å². The molecular formula is C27H36ClN3O4. The van der Waals surface area contributed by atoms with Gasteiger partial charge in [0.25, 0.3) is 5.91 Å². The lowest BCUT2D eigenvalue weighted by Gasteiger charge is -2.22. The molecule has 1 aliphatic heterocycles. The zero-order valence-corrected chi connectivity index (χ0v) is 21.2. The van der Waals surface area contributed by atoms with E-state index in [-0.39, 0.29) is 12.6 Å². The minimum absolute atomic E-state index is 0.134. The van der Waals surface area contributed by atoms with E-state index >= 15 is 0 Å². The summed E-state index contributed by atoms with van der Waals surface area (Å²) in [4.78, 5) is 14.4. The van der Waals surface area contributed by atoms with Crippen LogP contribution in [0, 0.1) is 5.92 Å². The van der Waals surface area contributed by atoms with E-state index in [9.17, 15) is 9.90 Å². The zero-order valence-electron chi connectivity index (χ0n) is 20.4. The van der Waals surface area contributed by atoms with Crippen molar-refractivity contribution in [1.29, 1.82) is 0 Å². The van der Waals surface area contributed by atoms with Crippen molar-refractivity contribution < 1.29 is 19.4 Å². The lowest BCUT2D eigenvalue weighted by molar-refractivity contribution is 0.100. The van der Waals surface area contributed by atoms with E-state index in [1.165, 1.54) is 12.8 Å². The molecule has 0 bridgehead atoms. The number of nitrogens with one attached hydrogen (secondary N) is 1. The van der Waals surface area contributed by atoms with Crippen LogP contribution in [0.5, 0.6) is 11.5 Å². The summed E-state index contributed by atoms with van der Waals surface area (Å²) >= 11 is 6.13. The Morgan fingerprint density at radius 2 is 2.09 bits per heavy atom. The minimum Gasteiger partial charge on any atom is -0.489 e. The van der Waals surface area contributed by atoms with Gasteiger partial charge in [-0.1, -0.05) is 17.7 Å². The van der Waals surface area contributed by atoms with E-state index in [2.05, 4.69) is 23.2 Å². The Labute approximate surface area is 212 Å². The number of aliphatic hydroxyl groups excluding tert-OH is 1. The molecule has 190 valence electrons. The Morgan fingerprint density at radius 3 is 2.83 bits per heavy atom. The number of hydrogen-bond donors (Lipinski definition) is 3. The lowest BCUT2D eigenvalue weighted by Crippen LogP contribution is -2.32. The summed E-state index contributed by atoms with van der Waals surface area (Å²) in [6.45, 7) is 5.71. The maximum atomic E-state index is 12.2. The Balaban J connectivity index is 1.29. The SMILES string of the molecule is CC(Cc1cc2c(c(C(N)=O)c1)N(CCCO)CC2)NCCOc1ccc(Cl)cc1OCC1CC1. The number of anilines is 1. The average molecular weight is 502 g/mol. The number of hydrogen-bond acceptors (Lipinski definition) is 6. The number of aliphatic hydroxyl groups is 1. The third-order valence-corrected chi connectivity index (χ3v) is 6.77. The lowest BCUT2D eigenvalue weighted by atomic mass is 9.98. The van der Waals surface area contributed by atoms with Crippen LogP contribution in [0.15, 0.2) is 30.3 Å². The van der Waals surface area contributed by atoms with Crippen LogP contribution in [0.25, 0.3) is 0 Å². The molecule has 2 aromatic carbocycles. The second-order valence-electron chi connectivity index (χ2n) is 9.58. The highest BCUT2D eigenvalue weighted by molar-refractivity contribution is 6.30. The maximum absolute atomic E-state index is 12.2. The van der Waals surface area contributed by atoms with Crippen molar-refractivity contribution >= 4 is 23.2 Å². The molecule has 1 atom stereocenters. The van der Waals surface area contributed by atoms with Gasteiger partial charge in [0.15, 0.2) is 11.5 Å². The fraction of sp³-hybridized carbons (Fsp3) is 0.519. The molecule has 1 fully saturated rings. The highest BCUT2D eigenvalue weighted by Gasteiger charge is 2.25. The molecule has 8 heteroatoms. The fourth-order valence-corrected chi connectivity index (χ4v) is 4.74. The molecule has 4 rings (SSSR count). The van der Waals surface area contributed by atoms with E-state index in [4.69, 9.17) is 26.8 Å². The number of primary amides is 1. The number of carbonyl (C=O) groups is 1. The van der Waals surface area contributed by atoms with Gasteiger partial charge in [-0.25, -0.2) is 0 Å². The number of rotatable bonds is 14. The number of amides is 1. The van der Waals surface area contributed by atoms with Crippen molar-refractivity contribution in [1.82, 2.24) is 5.32 Å². The number of halogens is 1. The highest BCUT2D eigenvalue weighted by Crippen LogP contribution is 2.35. The molecule has 1 amide bonds. The molecule has 2 aliphatic rings. The molecule has 1 aliphatic carbocycles. The Hall–Kier alpha value is -2.48. The van der Waals surface area contributed by atoms with E-state index in [1.807, 2.05) is 24.3 Å². The van der Waals surface area contributed by atoms with Gasteiger partial charge >= 0.3 is 0 Å². The first-order valence-corrected chi connectivity index (χ1v) is 12.9. The molecule has 1 saturated carbocycles. The van der Waals surface area contributed by atoms with E-state index in [0.717, 1.165) is 42.7 Å². The van der Waals surface area contributed by atoms with Crippen molar-refractivity contribution in [2.75, 3.05) is 44.4 Å². The van der Waals surface area contributed by atoms with Gasteiger partial charge in [0.05, 0.1) is 17.9 Å². The van der Waals surface area contributed by atoms with Crippen molar-refractivity contribution in [2.45, 2.75) is 45.1 Å². The van der Waals surface area contributed by atoms with Crippen LogP contribution in [0.4, 0.5) is 5.69 Å². The van der Waals surface area contributed by atoms with Crippen molar-refractivity contribution in [3.63, 3.8) is 0 Å². The van der Waals surface area contributed by atoms with Crippen LogP contribution in [-0.2, 0) is 12.8 Å². The third-order valence-electron chi connectivity index (χ3n) is 6.54. The monoisotopic (exact) mass is 501 g/mol. The first-order valence-electron chi connectivity index (χ1n) is 12.5. The smallest absolute Gasteiger partial charge is 0.250 e. The third kappa shape index (κ3) is 7.03. The number of carbonyl (C=O) groups excluding carboxylic acids is 1. The van der Waals surface area contributed by atoms with Gasteiger partial charge in [0.2, 0.25) is 0 Å². The summed E-state index contributed by atoms with van der Waals surface area (Å²) in [5.41, 5.74) is 9.49. The number of nitrogens with zero attached hydrogens (tertiary/aromatic N) is 1. The van der Waals surface area contributed by atoms with Gasteiger partial charge in [-0.3, -0.25) is 4.79 Å². The Bertz CT molecular complexity index is 1030. The summed E-state index contributed by atoms with van der Waals surface area (Å²) in [5.74, 6) is 1.65. The molecule has 35 heavy (non-hydrogen) atoms. The first-order chi connectivity index (χ1) is 16.9. The van der Waals surface area contributed by atoms with Gasteiger partial charge in [0.1, 0.15) is 6.61 Å². The second kappa shape index (κ2) is 12.0. The molecule has 2 aromatic rings. The van der Waals surface area contributed by atoms with Crippen LogP contribution in [0.2, 0.25) is 5.02 Å². The predicted octanol–water partition coefficient (Wildman–Crippen LogP) is 3.57. The van der Waals surface area contributed by atoms with Crippen molar-refractivity contribution in [3.05, 3.63) is 52.0 Å². The molecular weight excluding hydrogens is 466 g/mol. The van der Waals surface area contributed by atoms with Gasteiger partial charge in [-0.05, 0) is 74.3 Å². The van der Waals surface area contributed by atoms with Crippen LogP contribution in [0.3, 0.4) is 0 Å². The molecule has 0 radical (unpaired) electrons. The van der Waals surface area contributed by atoms with Gasteiger partial charge in [-0.15, -0.1) is 0 Å². The second-order valence-corrected chi connectivity index (χ2v) is 10.0. The maximum Gasteiger partial charge on any atom is 0.250 e. The normalized spacial score (nSPS) is 15.7. The number of nitrogens with two attached hydrogens (primary N) is 1. The largest absolute Gasteiger partial charge is 0.489 e. The van der Waals surface area contributed by atoms with Crippen LogP contribution in [-0.4, -0.2) is 56.5 Å². The summed E-state index contributed by atoms with van der Waals surface area (Å²) in [6.07, 6.45) is 4.79. The first kappa shape index (κ1) is 25.6. The summed E-state index contributed by atoms with van der Waals surface area (Å²) in [5, 5.41) is 13.3. The van der Waals surface area contributed by atoms with Gasteiger partial charge in [-0.2, -0.15) is 0 Å². The van der Waals surface area contributed by atoms with E-state index < -0.39 is 5.91 Å². The Kier molecular flexibility index (Phi) is 8.76. The summed E-state index contributed by atoms with van der Waals surface area (Å²) in [6, 6.07) is 9.78. The average Bonchev–Trinajstić information content (AvgIpc) is 3.58. The molecule has 7 nitrogen and oxygen atoms in total. The molecule has 4 N–H and O–H groups in total. The van der Waals surface area contributed by atoms with Crippen molar-refractivity contribution in [3.8, 4) is 11.5 Å². The van der Waals surface area contributed by atoms with Crippen molar-refractivity contribution in [2.24, 2.45) is 11.7 Å². The van der Waals surface area contributed by atoms with Gasteiger partial charge in [0, 0.05) is 43.4 Å². The standard InChI is InChI=1S/C27H36ClN3O4/c1-18(30-8-12-34-24-6-5-22(28)16-25(24)35-17-19-3-4-19)13-20-14-21-7-10-31(9-2-11-32)26(21)23(15-20)27(29)33/h5-6,14-16,18-19,30,32H,2-4,7-13,17H2,1H3,(H2,29,33). The van der Waals surface area contributed by atoms with Crippen LogP contribution >= 0.6 is 11.6 Å². The van der Waals surface area contributed by atoms with E-state index in [0.29, 0.717) is 54.2 Å².